The molecule has 0 atom stereocenters. The van der Waals surface area contributed by atoms with E-state index in [1.807, 2.05) is 37.3 Å². The number of benzene rings is 1. The zero-order valence-electron chi connectivity index (χ0n) is 10.5. The minimum absolute atomic E-state index is 0.268. The highest BCUT2D eigenvalue weighted by atomic mass is 16.5. The van der Waals surface area contributed by atoms with Crippen LogP contribution in [0, 0.1) is 11.3 Å². The molecule has 4 nitrogen and oxygen atoms in total. The molecule has 0 saturated carbocycles. The van der Waals surface area contributed by atoms with Crippen LogP contribution >= 0.6 is 0 Å². The highest BCUT2D eigenvalue weighted by Crippen LogP contribution is 2.31. The van der Waals surface area contributed by atoms with E-state index in [1.165, 1.54) is 12.3 Å². The summed E-state index contributed by atoms with van der Waals surface area (Å²) in [6, 6.07) is 10.9. The number of nitriles is 1. The van der Waals surface area contributed by atoms with E-state index in [0.717, 1.165) is 0 Å². The minimum Gasteiger partial charge on any atom is -0.493 e. The Morgan fingerprint density at radius 2 is 2.16 bits per heavy atom. The molecule has 4 heteroatoms. The van der Waals surface area contributed by atoms with Gasteiger partial charge in [-0.3, -0.25) is 9.78 Å². The van der Waals surface area contributed by atoms with Crippen molar-refractivity contribution in [3.63, 3.8) is 0 Å². The van der Waals surface area contributed by atoms with Crippen LogP contribution in [0.5, 0.6) is 5.75 Å². The zero-order chi connectivity index (χ0) is 13.7. The first kappa shape index (κ1) is 12.8. The lowest BCUT2D eigenvalue weighted by atomic mass is 10.0. The van der Waals surface area contributed by atoms with Crippen LogP contribution < -0.4 is 4.74 Å². The summed E-state index contributed by atoms with van der Waals surface area (Å²) in [5, 5.41) is 9.22. The van der Waals surface area contributed by atoms with Gasteiger partial charge in [-0.25, -0.2) is 0 Å². The third kappa shape index (κ3) is 2.45. The van der Waals surface area contributed by atoms with Gasteiger partial charge in [0.2, 0.25) is 0 Å². The zero-order valence-corrected chi connectivity index (χ0v) is 10.5. The van der Waals surface area contributed by atoms with Gasteiger partial charge >= 0.3 is 0 Å². The van der Waals surface area contributed by atoms with E-state index in [4.69, 9.17) is 4.74 Å². The van der Waals surface area contributed by atoms with Crippen LogP contribution in [0.4, 0.5) is 0 Å². The second kappa shape index (κ2) is 5.78. The van der Waals surface area contributed by atoms with Gasteiger partial charge in [-0.15, -0.1) is 0 Å². The Labute approximate surface area is 111 Å². The normalized spacial score (nSPS) is 9.68. The van der Waals surface area contributed by atoms with Crippen molar-refractivity contribution in [3.05, 3.63) is 47.7 Å². The molecule has 0 N–H and O–H groups in total. The molecule has 0 aliphatic heterocycles. The monoisotopic (exact) mass is 252 g/mol. The maximum Gasteiger partial charge on any atom is 0.151 e. The molecule has 0 amide bonds. The highest BCUT2D eigenvalue weighted by Gasteiger charge is 2.14. The average molecular weight is 252 g/mol. The van der Waals surface area contributed by atoms with Gasteiger partial charge in [0, 0.05) is 17.3 Å². The Morgan fingerprint density at radius 3 is 2.84 bits per heavy atom. The first-order valence-electron chi connectivity index (χ1n) is 5.88. The van der Waals surface area contributed by atoms with E-state index in [-0.39, 0.29) is 5.56 Å². The first-order chi connectivity index (χ1) is 9.31. The Bertz CT molecular complexity index is 645. The molecule has 19 heavy (non-hydrogen) atoms. The number of nitrogens with zero attached hydrogens (tertiary/aromatic N) is 2. The van der Waals surface area contributed by atoms with Crippen LogP contribution in [-0.2, 0) is 0 Å². The predicted octanol–water partition coefficient (Wildman–Crippen LogP) is 2.83. The summed E-state index contributed by atoms with van der Waals surface area (Å²) in [5.41, 5.74) is 1.78. The van der Waals surface area contributed by atoms with E-state index < -0.39 is 0 Å². The Balaban J connectivity index is 2.66. The largest absolute Gasteiger partial charge is 0.493 e. The van der Waals surface area contributed by atoms with Crippen LogP contribution in [0.3, 0.4) is 0 Å². The third-order valence-corrected chi connectivity index (χ3v) is 2.66. The summed E-state index contributed by atoms with van der Waals surface area (Å²) in [5.74, 6) is 0.650. The standard InChI is InChI=1S/C15H12N2O2/c1-2-19-14-6-4-3-5-12(14)15-13(9-16)11(10-18)7-8-17-15/h3-8,10H,2H2,1H3. The maximum atomic E-state index is 11.0. The molecule has 0 aliphatic rings. The van der Waals surface area contributed by atoms with Crippen LogP contribution in [-0.4, -0.2) is 17.9 Å². The van der Waals surface area contributed by atoms with E-state index in [1.54, 1.807) is 0 Å². The van der Waals surface area contributed by atoms with Crippen molar-refractivity contribution in [2.75, 3.05) is 6.61 Å². The second-order valence-electron chi connectivity index (χ2n) is 3.78. The molecule has 0 unspecified atom stereocenters. The van der Waals surface area contributed by atoms with Crippen LogP contribution in [0.25, 0.3) is 11.3 Å². The van der Waals surface area contributed by atoms with Gasteiger partial charge in [0.05, 0.1) is 17.9 Å². The fourth-order valence-corrected chi connectivity index (χ4v) is 1.84. The number of hydrogen-bond acceptors (Lipinski definition) is 4. The van der Waals surface area contributed by atoms with Crippen molar-refractivity contribution in [3.8, 4) is 23.1 Å². The molecular formula is C15H12N2O2. The van der Waals surface area contributed by atoms with Gasteiger partial charge in [-0.1, -0.05) is 12.1 Å². The van der Waals surface area contributed by atoms with Crippen LogP contribution in [0.15, 0.2) is 36.5 Å². The van der Waals surface area contributed by atoms with E-state index in [9.17, 15) is 10.1 Å². The maximum absolute atomic E-state index is 11.0. The van der Waals surface area contributed by atoms with Gasteiger partial charge in [-0.05, 0) is 25.1 Å². The number of rotatable bonds is 4. The summed E-state index contributed by atoms with van der Waals surface area (Å²) in [7, 11) is 0. The van der Waals surface area contributed by atoms with Crippen LogP contribution in [0.2, 0.25) is 0 Å². The lowest BCUT2D eigenvalue weighted by Gasteiger charge is -2.11. The van der Waals surface area contributed by atoms with E-state index in [0.29, 0.717) is 35.5 Å². The molecule has 94 valence electrons. The SMILES string of the molecule is CCOc1ccccc1-c1nccc(C=O)c1C#N. The summed E-state index contributed by atoms with van der Waals surface area (Å²) >= 11 is 0. The molecule has 0 spiro atoms. The molecule has 0 saturated heterocycles. The molecule has 0 aliphatic carbocycles. The summed E-state index contributed by atoms with van der Waals surface area (Å²) in [6.07, 6.45) is 2.18. The number of para-hydroxylation sites is 1. The number of pyridine rings is 1. The second-order valence-corrected chi connectivity index (χ2v) is 3.78. The molecule has 0 fully saturated rings. The van der Waals surface area contributed by atoms with E-state index >= 15 is 0 Å². The number of aromatic nitrogens is 1. The molecule has 2 aromatic rings. The van der Waals surface area contributed by atoms with Crippen molar-refractivity contribution in [1.82, 2.24) is 4.98 Å². The number of hydrogen-bond donors (Lipinski definition) is 0. The van der Waals surface area contributed by atoms with Gasteiger partial charge in [0.1, 0.15) is 11.8 Å². The molecule has 1 heterocycles. The smallest absolute Gasteiger partial charge is 0.151 e. The quantitative estimate of drug-likeness (QED) is 0.785. The summed E-state index contributed by atoms with van der Waals surface area (Å²) in [4.78, 5) is 15.2. The molecular weight excluding hydrogens is 240 g/mol. The van der Waals surface area contributed by atoms with Crippen molar-refractivity contribution in [1.29, 1.82) is 5.26 Å². The molecule has 2 rings (SSSR count). The lowest BCUT2D eigenvalue weighted by Crippen LogP contribution is -1.98. The van der Waals surface area contributed by atoms with Gasteiger partial charge in [0.25, 0.3) is 0 Å². The molecule has 0 radical (unpaired) electrons. The number of carbonyl (C=O) groups is 1. The average Bonchev–Trinajstić information content (AvgIpc) is 2.47. The van der Waals surface area contributed by atoms with Crippen molar-refractivity contribution in [2.45, 2.75) is 6.92 Å². The van der Waals surface area contributed by atoms with Gasteiger partial charge in [-0.2, -0.15) is 5.26 Å². The predicted molar refractivity (Wildman–Crippen MR) is 70.9 cm³/mol. The molecule has 0 bridgehead atoms. The summed E-state index contributed by atoms with van der Waals surface area (Å²) in [6.45, 7) is 2.41. The van der Waals surface area contributed by atoms with Crippen molar-refractivity contribution in [2.24, 2.45) is 0 Å². The Kier molecular flexibility index (Phi) is 3.89. The first-order valence-corrected chi connectivity index (χ1v) is 5.88. The number of carbonyl (C=O) groups excluding carboxylic acids is 1. The minimum atomic E-state index is 0.268. The van der Waals surface area contributed by atoms with Crippen LogP contribution in [0.1, 0.15) is 22.8 Å². The van der Waals surface area contributed by atoms with Crippen molar-refractivity contribution < 1.29 is 9.53 Å². The Morgan fingerprint density at radius 1 is 1.37 bits per heavy atom. The topological polar surface area (TPSA) is 63.0 Å². The molecule has 1 aromatic heterocycles. The van der Waals surface area contributed by atoms with Gasteiger partial charge in [0.15, 0.2) is 6.29 Å². The number of aldehydes is 1. The lowest BCUT2D eigenvalue weighted by molar-refractivity contribution is 0.112. The Hall–Kier alpha value is -2.67. The van der Waals surface area contributed by atoms with Gasteiger partial charge < -0.3 is 4.74 Å². The summed E-state index contributed by atoms with van der Waals surface area (Å²) < 4.78 is 5.53. The fourth-order valence-electron chi connectivity index (χ4n) is 1.84. The third-order valence-electron chi connectivity index (χ3n) is 2.66. The van der Waals surface area contributed by atoms with E-state index in [2.05, 4.69) is 4.98 Å². The molecule has 1 aromatic carbocycles. The number of ether oxygens (including phenoxy) is 1. The highest BCUT2D eigenvalue weighted by molar-refractivity contribution is 5.85. The van der Waals surface area contributed by atoms with Crippen molar-refractivity contribution >= 4 is 6.29 Å². The fraction of sp³-hybridized carbons (Fsp3) is 0.133.